The Morgan fingerprint density at radius 1 is 1.13 bits per heavy atom. The van der Waals surface area contributed by atoms with Gasteiger partial charge >= 0.3 is 0 Å². The minimum atomic E-state index is -0.717. The number of methoxy groups -OCH3 is 1. The molecule has 0 aromatic heterocycles. The first-order valence-electron chi connectivity index (χ1n) is 10.2. The topological polar surface area (TPSA) is 66.8 Å². The molecule has 0 aliphatic carbocycles. The summed E-state index contributed by atoms with van der Waals surface area (Å²) >= 11 is 12.5. The molecule has 0 radical (unpaired) electrons. The van der Waals surface area contributed by atoms with Crippen molar-refractivity contribution in [2.75, 3.05) is 13.7 Å². The molecule has 5 nitrogen and oxygen atoms in total. The fourth-order valence-electron chi connectivity index (χ4n) is 3.91. The van der Waals surface area contributed by atoms with E-state index in [2.05, 4.69) is 6.92 Å². The molecule has 0 bridgehead atoms. The second kappa shape index (κ2) is 9.75. The van der Waals surface area contributed by atoms with Gasteiger partial charge in [0.05, 0.1) is 28.8 Å². The highest BCUT2D eigenvalue weighted by Crippen LogP contribution is 2.42. The summed E-state index contributed by atoms with van der Waals surface area (Å²) in [4.78, 5) is 27.5. The van der Waals surface area contributed by atoms with Crippen LogP contribution in [0.1, 0.15) is 48.9 Å². The summed E-state index contributed by atoms with van der Waals surface area (Å²) in [5.41, 5.74) is 2.01. The first kappa shape index (κ1) is 23.2. The van der Waals surface area contributed by atoms with Gasteiger partial charge in [0.1, 0.15) is 5.76 Å². The number of Topliss-reactive ketones (excluding diaryl/α,β-unsaturated/α-hetero) is 1. The first-order chi connectivity index (χ1) is 14.8. The molecule has 1 amide bonds. The molecule has 164 valence electrons. The number of aliphatic hydroxyl groups excluding tert-OH is 1. The van der Waals surface area contributed by atoms with Gasteiger partial charge in [-0.2, -0.15) is 0 Å². The van der Waals surface area contributed by atoms with E-state index in [0.29, 0.717) is 6.54 Å². The maximum absolute atomic E-state index is 13.1. The molecule has 0 saturated carbocycles. The summed E-state index contributed by atoms with van der Waals surface area (Å²) in [7, 11) is 1.44. The van der Waals surface area contributed by atoms with Gasteiger partial charge in [-0.3, -0.25) is 9.59 Å². The number of amides is 1. The Balaban J connectivity index is 2.19. The average molecular weight is 462 g/mol. The smallest absolute Gasteiger partial charge is 0.295 e. The highest BCUT2D eigenvalue weighted by Gasteiger charge is 2.46. The molecule has 0 spiro atoms. The maximum Gasteiger partial charge on any atom is 0.295 e. The van der Waals surface area contributed by atoms with Crippen molar-refractivity contribution in [1.29, 1.82) is 0 Å². The molecule has 2 aromatic rings. The van der Waals surface area contributed by atoms with Crippen molar-refractivity contribution in [3.05, 3.63) is 68.7 Å². The molecular weight excluding hydrogens is 437 g/mol. The molecule has 1 saturated heterocycles. The number of aliphatic hydroxyl groups is 1. The van der Waals surface area contributed by atoms with E-state index in [-0.39, 0.29) is 32.7 Å². The molecule has 3 rings (SSSR count). The van der Waals surface area contributed by atoms with Crippen LogP contribution in [0.15, 0.2) is 42.0 Å². The molecule has 1 atom stereocenters. The number of ketones is 1. The Morgan fingerprint density at radius 2 is 1.77 bits per heavy atom. The lowest BCUT2D eigenvalue weighted by Gasteiger charge is -2.26. The van der Waals surface area contributed by atoms with Crippen molar-refractivity contribution in [3.8, 4) is 5.75 Å². The van der Waals surface area contributed by atoms with Gasteiger partial charge in [-0.15, -0.1) is 0 Å². The van der Waals surface area contributed by atoms with Gasteiger partial charge in [0, 0.05) is 12.1 Å². The predicted molar refractivity (Wildman–Crippen MR) is 123 cm³/mol. The number of rotatable bonds is 7. The zero-order valence-electron chi connectivity index (χ0n) is 17.7. The lowest BCUT2D eigenvalue weighted by atomic mass is 9.92. The molecule has 1 aliphatic heterocycles. The third-order valence-electron chi connectivity index (χ3n) is 5.50. The zero-order chi connectivity index (χ0) is 22.7. The number of benzene rings is 2. The monoisotopic (exact) mass is 461 g/mol. The summed E-state index contributed by atoms with van der Waals surface area (Å²) in [5.74, 6) is -1.37. The lowest BCUT2D eigenvalue weighted by molar-refractivity contribution is -0.139. The van der Waals surface area contributed by atoms with Crippen LogP contribution in [0.3, 0.4) is 0 Å². The van der Waals surface area contributed by atoms with Gasteiger partial charge in [0.15, 0.2) is 5.75 Å². The second-order valence-electron chi connectivity index (χ2n) is 7.53. The van der Waals surface area contributed by atoms with E-state index in [1.54, 1.807) is 4.90 Å². The third kappa shape index (κ3) is 4.43. The second-order valence-corrected chi connectivity index (χ2v) is 8.34. The Kier molecular flexibility index (Phi) is 7.29. The summed E-state index contributed by atoms with van der Waals surface area (Å²) in [6, 6.07) is 9.81. The normalized spacial score (nSPS) is 18.0. The number of carbonyl (C=O) groups excluding carboxylic acids is 2. The van der Waals surface area contributed by atoms with Crippen molar-refractivity contribution < 1.29 is 19.4 Å². The van der Waals surface area contributed by atoms with Crippen LogP contribution in [0, 0.1) is 6.92 Å². The van der Waals surface area contributed by atoms with Crippen LogP contribution in [0.2, 0.25) is 10.0 Å². The van der Waals surface area contributed by atoms with Gasteiger partial charge in [-0.05, 0) is 36.6 Å². The quantitative estimate of drug-likeness (QED) is 0.240. The molecule has 1 fully saturated rings. The van der Waals surface area contributed by atoms with Gasteiger partial charge in [0.25, 0.3) is 11.7 Å². The maximum atomic E-state index is 13.1. The summed E-state index contributed by atoms with van der Waals surface area (Å²) in [6.07, 6.45) is 2.70. The Bertz CT molecular complexity index is 1020. The molecule has 31 heavy (non-hydrogen) atoms. The van der Waals surface area contributed by atoms with Crippen molar-refractivity contribution in [3.63, 3.8) is 0 Å². The number of hydrogen-bond donors (Lipinski definition) is 1. The van der Waals surface area contributed by atoms with Crippen LogP contribution in [-0.2, 0) is 9.59 Å². The van der Waals surface area contributed by atoms with Crippen molar-refractivity contribution in [2.45, 2.75) is 39.2 Å². The number of hydrogen-bond acceptors (Lipinski definition) is 4. The van der Waals surface area contributed by atoms with Crippen molar-refractivity contribution in [1.82, 2.24) is 4.90 Å². The van der Waals surface area contributed by atoms with Gasteiger partial charge in [-0.1, -0.05) is 67.2 Å². The summed E-state index contributed by atoms with van der Waals surface area (Å²) in [5, 5.41) is 11.5. The van der Waals surface area contributed by atoms with Crippen LogP contribution < -0.4 is 4.74 Å². The van der Waals surface area contributed by atoms with E-state index < -0.39 is 17.7 Å². The highest BCUT2D eigenvalue weighted by molar-refractivity contribution is 6.46. The number of unbranched alkanes of at least 4 members (excludes halogenated alkanes) is 2. The number of likely N-dealkylation sites (tertiary alicyclic amines) is 1. The van der Waals surface area contributed by atoms with E-state index >= 15 is 0 Å². The fourth-order valence-corrected chi connectivity index (χ4v) is 4.55. The fraction of sp³-hybridized carbons (Fsp3) is 0.333. The SMILES string of the molecule is CCCCCN1C(=O)C(=O)/C(=C(/O)c2cc(Cl)c(OC)c(Cl)c2)C1c1ccccc1C. The van der Waals surface area contributed by atoms with E-state index in [4.69, 9.17) is 27.9 Å². The summed E-state index contributed by atoms with van der Waals surface area (Å²) < 4.78 is 5.16. The predicted octanol–water partition coefficient (Wildman–Crippen LogP) is 5.92. The number of halogens is 2. The van der Waals surface area contributed by atoms with Crippen LogP contribution in [-0.4, -0.2) is 35.4 Å². The first-order valence-corrected chi connectivity index (χ1v) is 10.9. The van der Waals surface area contributed by atoms with E-state index in [1.807, 2.05) is 31.2 Å². The van der Waals surface area contributed by atoms with E-state index in [1.165, 1.54) is 19.2 Å². The van der Waals surface area contributed by atoms with Gasteiger partial charge in [-0.25, -0.2) is 0 Å². The lowest BCUT2D eigenvalue weighted by Crippen LogP contribution is -2.31. The molecule has 7 heteroatoms. The van der Waals surface area contributed by atoms with Gasteiger partial charge in [0.2, 0.25) is 0 Å². The number of aryl methyl sites for hydroxylation is 1. The Morgan fingerprint density at radius 3 is 2.35 bits per heavy atom. The van der Waals surface area contributed by atoms with Crippen molar-refractivity contribution in [2.24, 2.45) is 0 Å². The molecule has 1 heterocycles. The summed E-state index contributed by atoms with van der Waals surface area (Å²) in [6.45, 7) is 4.42. The number of carbonyl (C=O) groups is 2. The zero-order valence-corrected chi connectivity index (χ0v) is 19.3. The molecular formula is C24H25Cl2NO4. The molecule has 1 N–H and O–H groups in total. The largest absolute Gasteiger partial charge is 0.507 e. The van der Waals surface area contributed by atoms with Crippen LogP contribution in [0.5, 0.6) is 5.75 Å². The van der Waals surface area contributed by atoms with Crippen LogP contribution >= 0.6 is 23.2 Å². The molecule has 1 aliphatic rings. The number of ether oxygens (including phenoxy) is 1. The minimum Gasteiger partial charge on any atom is -0.507 e. The van der Waals surface area contributed by atoms with E-state index in [0.717, 1.165) is 30.4 Å². The Labute approximate surface area is 192 Å². The number of nitrogens with zero attached hydrogens (tertiary/aromatic N) is 1. The Hall–Kier alpha value is -2.50. The highest BCUT2D eigenvalue weighted by atomic mass is 35.5. The standard InChI is InChI=1S/C24H25Cl2NO4/c1-4-5-8-11-27-20(16-10-7-6-9-14(16)2)19(22(29)24(27)30)21(28)15-12-17(25)23(31-3)18(26)13-15/h6-7,9-10,12-13,20,28H,4-5,8,11H2,1-3H3/b21-19+. The van der Waals surface area contributed by atoms with Crippen LogP contribution in [0.4, 0.5) is 0 Å². The molecule has 1 unspecified atom stereocenters. The molecule has 2 aromatic carbocycles. The van der Waals surface area contributed by atoms with Crippen molar-refractivity contribution >= 4 is 40.7 Å². The minimum absolute atomic E-state index is 0.0353. The van der Waals surface area contributed by atoms with E-state index in [9.17, 15) is 14.7 Å². The van der Waals surface area contributed by atoms with Crippen LogP contribution in [0.25, 0.3) is 5.76 Å². The van der Waals surface area contributed by atoms with Gasteiger partial charge < -0.3 is 14.7 Å². The average Bonchev–Trinajstić information content (AvgIpc) is 2.98. The third-order valence-corrected chi connectivity index (χ3v) is 6.06.